The van der Waals surface area contributed by atoms with Gasteiger partial charge in [0.2, 0.25) is 0 Å². The lowest BCUT2D eigenvalue weighted by atomic mass is 10.1. The summed E-state index contributed by atoms with van der Waals surface area (Å²) in [5.74, 6) is 0.851. The highest BCUT2D eigenvalue weighted by molar-refractivity contribution is 6.00. The Morgan fingerprint density at radius 2 is 1.77 bits per heavy atom. The number of aryl methyl sites for hydroxylation is 1. The zero-order valence-electron chi connectivity index (χ0n) is 17.2. The third-order valence-corrected chi connectivity index (χ3v) is 5.25. The molecule has 0 unspecified atom stereocenters. The van der Waals surface area contributed by atoms with Gasteiger partial charge in [-0.1, -0.05) is 24.3 Å². The molecule has 0 aliphatic carbocycles. The van der Waals surface area contributed by atoms with Crippen molar-refractivity contribution in [2.24, 2.45) is 0 Å². The molecule has 0 radical (unpaired) electrons. The Bertz CT molecular complexity index is 1030. The molecule has 1 aromatic heterocycles. The maximum Gasteiger partial charge on any atom is 0.323 e. The normalized spacial score (nSPS) is 13.7. The number of urea groups is 1. The van der Waals surface area contributed by atoms with E-state index in [2.05, 4.69) is 25.7 Å². The maximum atomic E-state index is 12.4. The van der Waals surface area contributed by atoms with Crippen molar-refractivity contribution in [2.45, 2.75) is 13.8 Å². The average Bonchev–Trinajstić information content (AvgIpc) is 2.78. The first kappa shape index (κ1) is 19.8. The number of amides is 2. The predicted molar refractivity (Wildman–Crippen MR) is 119 cm³/mol. The summed E-state index contributed by atoms with van der Waals surface area (Å²) in [6, 6.07) is 17.1. The molecule has 2 amide bonds. The van der Waals surface area contributed by atoms with Crippen LogP contribution < -0.4 is 15.5 Å². The molecule has 2 aromatic carbocycles. The van der Waals surface area contributed by atoms with E-state index in [1.54, 1.807) is 0 Å². The molecule has 0 atom stereocenters. The van der Waals surface area contributed by atoms with E-state index in [1.165, 1.54) is 0 Å². The minimum atomic E-state index is -0.283. The summed E-state index contributed by atoms with van der Waals surface area (Å²) in [6.07, 6.45) is 0. The molecule has 30 heavy (non-hydrogen) atoms. The Morgan fingerprint density at radius 1 is 0.967 bits per heavy atom. The van der Waals surface area contributed by atoms with E-state index < -0.39 is 0 Å². The van der Waals surface area contributed by atoms with Crippen LogP contribution in [0.25, 0.3) is 11.3 Å². The number of aromatic nitrogens is 2. The topological polar surface area (TPSA) is 79.4 Å². The summed E-state index contributed by atoms with van der Waals surface area (Å²) in [5.41, 5.74) is 5.32. The third kappa shape index (κ3) is 4.58. The fraction of sp³-hybridized carbons (Fsp3) is 0.261. The predicted octanol–water partition coefficient (Wildman–Crippen LogP) is 4.24. The van der Waals surface area contributed by atoms with Crippen LogP contribution in [0.15, 0.2) is 54.6 Å². The lowest BCUT2D eigenvalue weighted by molar-refractivity contribution is 0.122. The maximum absolute atomic E-state index is 12.4. The van der Waals surface area contributed by atoms with E-state index in [1.807, 2.05) is 68.4 Å². The third-order valence-electron chi connectivity index (χ3n) is 5.25. The number of nitrogens with one attached hydrogen (secondary N) is 2. The van der Waals surface area contributed by atoms with Crippen LogP contribution in [0, 0.1) is 13.8 Å². The van der Waals surface area contributed by atoms with Crippen molar-refractivity contribution in [3.63, 3.8) is 0 Å². The standard InChI is InChI=1S/C23H25N5O2/c1-16-5-3-8-20(17(16)2)25-23(29)24-19-7-4-6-18(15-19)21-9-10-22(27-26-21)28-11-13-30-14-12-28/h3-10,15H,11-14H2,1-2H3,(H2,24,25,29). The summed E-state index contributed by atoms with van der Waals surface area (Å²) in [7, 11) is 0. The van der Waals surface area contributed by atoms with Crippen LogP contribution in [-0.2, 0) is 4.74 Å². The summed E-state index contributed by atoms with van der Waals surface area (Å²) in [6.45, 7) is 7.08. The number of nitrogens with zero attached hydrogens (tertiary/aromatic N) is 3. The van der Waals surface area contributed by atoms with Crippen molar-refractivity contribution in [3.8, 4) is 11.3 Å². The molecule has 2 N–H and O–H groups in total. The number of anilines is 3. The molecule has 0 bridgehead atoms. The van der Waals surface area contributed by atoms with E-state index in [4.69, 9.17) is 4.74 Å². The number of hydrogen-bond acceptors (Lipinski definition) is 5. The number of rotatable bonds is 4. The number of benzene rings is 2. The van der Waals surface area contributed by atoms with Crippen molar-refractivity contribution in [1.82, 2.24) is 10.2 Å². The fourth-order valence-corrected chi connectivity index (χ4v) is 3.37. The first-order valence-electron chi connectivity index (χ1n) is 10.0. The Hall–Kier alpha value is -3.45. The quantitative estimate of drug-likeness (QED) is 0.681. The Kier molecular flexibility index (Phi) is 5.90. The molecular weight excluding hydrogens is 378 g/mol. The molecule has 1 fully saturated rings. The van der Waals surface area contributed by atoms with Crippen LogP contribution in [0.3, 0.4) is 0 Å². The van der Waals surface area contributed by atoms with E-state index in [-0.39, 0.29) is 6.03 Å². The second-order valence-corrected chi connectivity index (χ2v) is 7.28. The Balaban J connectivity index is 1.44. The number of carbonyl (C=O) groups is 1. The highest BCUT2D eigenvalue weighted by Crippen LogP contribution is 2.23. The van der Waals surface area contributed by atoms with Gasteiger partial charge in [0.1, 0.15) is 0 Å². The first-order valence-corrected chi connectivity index (χ1v) is 10.0. The van der Waals surface area contributed by atoms with Gasteiger partial charge in [-0.05, 0) is 55.3 Å². The second-order valence-electron chi connectivity index (χ2n) is 7.28. The zero-order valence-corrected chi connectivity index (χ0v) is 17.2. The average molecular weight is 403 g/mol. The van der Waals surface area contributed by atoms with Gasteiger partial charge < -0.3 is 20.3 Å². The van der Waals surface area contributed by atoms with Gasteiger partial charge in [-0.15, -0.1) is 10.2 Å². The van der Waals surface area contributed by atoms with Crippen molar-refractivity contribution < 1.29 is 9.53 Å². The van der Waals surface area contributed by atoms with Gasteiger partial charge >= 0.3 is 6.03 Å². The summed E-state index contributed by atoms with van der Waals surface area (Å²) >= 11 is 0. The van der Waals surface area contributed by atoms with Crippen molar-refractivity contribution in [1.29, 1.82) is 0 Å². The van der Waals surface area contributed by atoms with Crippen LogP contribution in [0.4, 0.5) is 22.0 Å². The van der Waals surface area contributed by atoms with Crippen LogP contribution in [0.1, 0.15) is 11.1 Å². The molecule has 7 heteroatoms. The van der Waals surface area contributed by atoms with Gasteiger partial charge in [-0.25, -0.2) is 4.79 Å². The summed E-state index contributed by atoms with van der Waals surface area (Å²) in [4.78, 5) is 14.6. The minimum Gasteiger partial charge on any atom is -0.378 e. The number of ether oxygens (including phenoxy) is 1. The molecule has 4 rings (SSSR count). The van der Waals surface area contributed by atoms with Crippen molar-refractivity contribution in [2.75, 3.05) is 41.8 Å². The second kappa shape index (κ2) is 8.92. The van der Waals surface area contributed by atoms with E-state index in [0.717, 1.165) is 47.0 Å². The Morgan fingerprint density at radius 3 is 2.53 bits per heavy atom. The van der Waals surface area contributed by atoms with Crippen molar-refractivity contribution >= 4 is 23.2 Å². The molecule has 0 spiro atoms. The van der Waals surface area contributed by atoms with E-state index >= 15 is 0 Å². The van der Waals surface area contributed by atoms with Crippen LogP contribution >= 0.6 is 0 Å². The van der Waals surface area contributed by atoms with Crippen LogP contribution in [-0.4, -0.2) is 42.5 Å². The van der Waals surface area contributed by atoms with Crippen LogP contribution in [0.5, 0.6) is 0 Å². The lowest BCUT2D eigenvalue weighted by Gasteiger charge is -2.27. The highest BCUT2D eigenvalue weighted by Gasteiger charge is 2.13. The first-order chi connectivity index (χ1) is 14.6. The smallest absolute Gasteiger partial charge is 0.323 e. The van der Waals surface area contributed by atoms with Crippen molar-refractivity contribution in [3.05, 3.63) is 65.7 Å². The minimum absolute atomic E-state index is 0.283. The number of morpholine rings is 1. The molecule has 1 aliphatic heterocycles. The molecule has 1 aliphatic rings. The molecule has 7 nitrogen and oxygen atoms in total. The molecule has 3 aromatic rings. The number of hydrogen-bond donors (Lipinski definition) is 2. The molecule has 154 valence electrons. The fourth-order valence-electron chi connectivity index (χ4n) is 3.37. The molecule has 0 saturated carbocycles. The molecular formula is C23H25N5O2. The molecule has 1 saturated heterocycles. The van der Waals surface area contributed by atoms with Gasteiger partial charge in [-0.2, -0.15) is 0 Å². The SMILES string of the molecule is Cc1cccc(NC(=O)Nc2cccc(-c3ccc(N4CCOCC4)nn3)c2)c1C. The highest BCUT2D eigenvalue weighted by atomic mass is 16.5. The summed E-state index contributed by atoms with van der Waals surface area (Å²) < 4.78 is 5.38. The van der Waals surface area contributed by atoms with Crippen LogP contribution in [0.2, 0.25) is 0 Å². The van der Waals surface area contributed by atoms with Gasteiger partial charge in [0.15, 0.2) is 5.82 Å². The zero-order chi connectivity index (χ0) is 20.9. The lowest BCUT2D eigenvalue weighted by Crippen LogP contribution is -2.36. The monoisotopic (exact) mass is 403 g/mol. The van der Waals surface area contributed by atoms with Gasteiger partial charge in [0, 0.05) is 30.0 Å². The largest absolute Gasteiger partial charge is 0.378 e. The van der Waals surface area contributed by atoms with E-state index in [9.17, 15) is 4.79 Å². The molecule has 2 heterocycles. The van der Waals surface area contributed by atoms with Gasteiger partial charge in [0.25, 0.3) is 0 Å². The van der Waals surface area contributed by atoms with Gasteiger partial charge in [-0.3, -0.25) is 0 Å². The summed E-state index contributed by atoms with van der Waals surface area (Å²) in [5, 5.41) is 14.5. The van der Waals surface area contributed by atoms with Gasteiger partial charge in [0.05, 0.1) is 18.9 Å². The Labute approximate surface area is 176 Å². The van der Waals surface area contributed by atoms with E-state index in [0.29, 0.717) is 18.9 Å². The number of carbonyl (C=O) groups excluding carboxylic acids is 1.